The van der Waals surface area contributed by atoms with E-state index in [9.17, 15) is 14.7 Å². The maximum Gasteiger partial charge on any atom is 0.335 e. The number of rotatable bonds is 5. The van der Waals surface area contributed by atoms with Crippen LogP contribution in [-0.4, -0.2) is 22.8 Å². The van der Waals surface area contributed by atoms with Crippen molar-refractivity contribution in [2.24, 2.45) is 4.99 Å². The van der Waals surface area contributed by atoms with E-state index in [0.29, 0.717) is 20.9 Å². The molecule has 7 nitrogen and oxygen atoms in total. The molecule has 42 heavy (non-hydrogen) atoms. The molecule has 0 saturated carbocycles. The molecule has 0 radical (unpaired) electrons. The Morgan fingerprint density at radius 1 is 1.05 bits per heavy atom. The van der Waals surface area contributed by atoms with Crippen LogP contribution in [0.1, 0.15) is 50.8 Å². The number of carboxylic acid groups (broad SMARTS) is 1. The first-order valence-electron chi connectivity index (χ1n) is 13.6. The second-order valence-corrected chi connectivity index (χ2v) is 11.4. The van der Waals surface area contributed by atoms with Crippen LogP contribution in [0.4, 0.5) is 0 Å². The number of benzene rings is 3. The Morgan fingerprint density at radius 3 is 2.67 bits per heavy atom. The van der Waals surface area contributed by atoms with E-state index in [1.54, 1.807) is 36.0 Å². The molecular formula is C34H26N2O5S. The van der Waals surface area contributed by atoms with Gasteiger partial charge in [0.2, 0.25) is 0 Å². The monoisotopic (exact) mass is 574 g/mol. The number of allylic oxidation sites excluding steroid dienone is 1. The number of carboxylic acids is 1. The molecule has 208 valence electrons. The van der Waals surface area contributed by atoms with E-state index in [-0.39, 0.29) is 17.2 Å². The van der Waals surface area contributed by atoms with Crippen molar-refractivity contribution in [3.63, 3.8) is 0 Å². The lowest BCUT2D eigenvalue weighted by atomic mass is 9.83. The number of nitrogens with zero attached hydrogens (tertiary/aromatic N) is 2. The molecule has 3 aromatic carbocycles. The van der Waals surface area contributed by atoms with Crippen LogP contribution in [0.15, 0.2) is 98.6 Å². The fraction of sp³-hybridized carbons (Fsp3) is 0.147. The quantitative estimate of drug-likeness (QED) is 0.295. The zero-order valence-corrected chi connectivity index (χ0v) is 23.8. The molecule has 0 fully saturated rings. The topological polar surface area (TPSA) is 94.0 Å². The van der Waals surface area contributed by atoms with Gasteiger partial charge in [0.15, 0.2) is 4.80 Å². The van der Waals surface area contributed by atoms with Gasteiger partial charge in [-0.2, -0.15) is 0 Å². The molecule has 2 aliphatic rings. The molecule has 1 aliphatic carbocycles. The van der Waals surface area contributed by atoms with Crippen molar-refractivity contribution in [3.8, 4) is 17.1 Å². The number of furan rings is 1. The third-order valence-electron chi connectivity index (χ3n) is 7.95. The molecule has 0 spiro atoms. The van der Waals surface area contributed by atoms with Gasteiger partial charge in [-0.15, -0.1) is 0 Å². The molecule has 5 aromatic rings. The standard InChI is InChI=1S/C34H26N2O5S/c1-19-17-21(33(38)39)12-14-23(19)28-16-13-22(41-28)18-29-32(37)36-31(25-9-5-6-10-27(25)40-2)26-15-11-20-7-3-4-8-24(20)30(26)35-34(36)42-29/h3-10,12-14,16-18,31H,11,15H2,1-2H3,(H,38,39)/t31-/m0/s1. The summed E-state index contributed by atoms with van der Waals surface area (Å²) in [4.78, 5) is 31.1. The van der Waals surface area contributed by atoms with Gasteiger partial charge in [-0.1, -0.05) is 59.9 Å². The summed E-state index contributed by atoms with van der Waals surface area (Å²) in [6.07, 6.45) is 3.43. The number of carbonyl (C=O) groups is 1. The van der Waals surface area contributed by atoms with Crippen LogP contribution in [0.5, 0.6) is 5.75 Å². The minimum atomic E-state index is -0.975. The van der Waals surface area contributed by atoms with Gasteiger partial charge in [0, 0.05) is 22.8 Å². The fourth-order valence-electron chi connectivity index (χ4n) is 5.97. The first-order chi connectivity index (χ1) is 20.4. The van der Waals surface area contributed by atoms with E-state index in [4.69, 9.17) is 14.1 Å². The van der Waals surface area contributed by atoms with Crippen molar-refractivity contribution in [2.75, 3.05) is 7.11 Å². The van der Waals surface area contributed by atoms with Crippen molar-refractivity contribution in [1.29, 1.82) is 0 Å². The van der Waals surface area contributed by atoms with Crippen LogP contribution in [0, 0.1) is 6.92 Å². The van der Waals surface area contributed by atoms with Gasteiger partial charge < -0.3 is 14.3 Å². The van der Waals surface area contributed by atoms with E-state index >= 15 is 0 Å². The van der Waals surface area contributed by atoms with Crippen molar-refractivity contribution >= 4 is 29.1 Å². The van der Waals surface area contributed by atoms with Crippen molar-refractivity contribution in [3.05, 3.63) is 138 Å². The van der Waals surface area contributed by atoms with E-state index < -0.39 is 5.97 Å². The highest BCUT2D eigenvalue weighted by Crippen LogP contribution is 2.43. The number of aryl methyl sites for hydroxylation is 2. The van der Waals surface area contributed by atoms with Gasteiger partial charge in [0.1, 0.15) is 17.3 Å². The summed E-state index contributed by atoms with van der Waals surface area (Å²) in [6, 6.07) is 24.4. The SMILES string of the molecule is COc1ccccc1[C@H]1C2=C(N=c3sc(=Cc4ccc(-c5ccc(C(=O)O)cc5C)o4)c(=O)n31)c1ccccc1CC2. The van der Waals surface area contributed by atoms with E-state index in [2.05, 4.69) is 18.2 Å². The summed E-state index contributed by atoms with van der Waals surface area (Å²) >= 11 is 1.34. The second kappa shape index (κ2) is 10.2. The Balaban J connectivity index is 1.38. The van der Waals surface area contributed by atoms with Gasteiger partial charge in [0.05, 0.1) is 28.9 Å². The lowest BCUT2D eigenvalue weighted by molar-refractivity contribution is 0.0696. The highest BCUT2D eigenvalue weighted by molar-refractivity contribution is 7.07. The van der Waals surface area contributed by atoms with Crippen molar-refractivity contribution in [2.45, 2.75) is 25.8 Å². The van der Waals surface area contributed by atoms with Crippen LogP contribution in [-0.2, 0) is 6.42 Å². The van der Waals surface area contributed by atoms with E-state index in [1.807, 2.05) is 49.4 Å². The van der Waals surface area contributed by atoms with Crippen LogP contribution in [0.3, 0.4) is 0 Å². The normalized spacial score (nSPS) is 16.0. The van der Waals surface area contributed by atoms with Crippen LogP contribution in [0.2, 0.25) is 0 Å². The number of aromatic nitrogens is 1. The van der Waals surface area contributed by atoms with Gasteiger partial charge in [-0.25, -0.2) is 9.79 Å². The summed E-state index contributed by atoms with van der Waals surface area (Å²) in [5.41, 5.74) is 7.00. The number of aromatic carboxylic acids is 1. The number of para-hydroxylation sites is 1. The first-order valence-corrected chi connectivity index (χ1v) is 14.4. The lowest BCUT2D eigenvalue weighted by Crippen LogP contribution is -2.38. The number of methoxy groups -OCH3 is 1. The van der Waals surface area contributed by atoms with Crippen molar-refractivity contribution in [1.82, 2.24) is 4.57 Å². The summed E-state index contributed by atoms with van der Waals surface area (Å²) in [5, 5.41) is 9.29. The molecule has 1 aliphatic heterocycles. The van der Waals surface area contributed by atoms with Gasteiger partial charge >= 0.3 is 5.97 Å². The maximum absolute atomic E-state index is 14.1. The number of hydrogen-bond acceptors (Lipinski definition) is 6. The Morgan fingerprint density at radius 2 is 1.86 bits per heavy atom. The predicted molar refractivity (Wildman–Crippen MR) is 162 cm³/mol. The zero-order valence-electron chi connectivity index (χ0n) is 23.0. The molecule has 7 rings (SSSR count). The Hall–Kier alpha value is -4.95. The molecule has 0 amide bonds. The summed E-state index contributed by atoms with van der Waals surface area (Å²) < 4.78 is 14.2. The lowest BCUT2D eigenvalue weighted by Gasteiger charge is -2.31. The third-order valence-corrected chi connectivity index (χ3v) is 8.93. The Labute approximate surface area is 245 Å². The average molecular weight is 575 g/mol. The molecule has 3 heterocycles. The number of thiazole rings is 1. The Kier molecular flexibility index (Phi) is 6.28. The highest BCUT2D eigenvalue weighted by Gasteiger charge is 2.34. The summed E-state index contributed by atoms with van der Waals surface area (Å²) in [7, 11) is 1.65. The molecule has 1 N–H and O–H groups in total. The first kappa shape index (κ1) is 26.0. The average Bonchev–Trinajstić information content (AvgIpc) is 3.59. The van der Waals surface area contributed by atoms with E-state index in [1.165, 1.54) is 16.9 Å². The molecule has 0 unspecified atom stereocenters. The zero-order chi connectivity index (χ0) is 29.0. The van der Waals surface area contributed by atoms with Crippen LogP contribution < -0.4 is 19.6 Å². The van der Waals surface area contributed by atoms with Crippen LogP contribution in [0.25, 0.3) is 23.1 Å². The number of fused-ring (bicyclic) bond motifs is 3. The highest BCUT2D eigenvalue weighted by atomic mass is 32.1. The predicted octanol–water partition coefficient (Wildman–Crippen LogP) is 5.59. The van der Waals surface area contributed by atoms with Gasteiger partial charge in [-0.05, 0) is 66.8 Å². The van der Waals surface area contributed by atoms with Gasteiger partial charge in [0.25, 0.3) is 5.56 Å². The molecular weight excluding hydrogens is 548 g/mol. The molecule has 1 atom stereocenters. The minimum absolute atomic E-state index is 0.139. The van der Waals surface area contributed by atoms with Crippen LogP contribution >= 0.6 is 11.3 Å². The van der Waals surface area contributed by atoms with Gasteiger partial charge in [-0.3, -0.25) is 9.36 Å². The maximum atomic E-state index is 14.1. The van der Waals surface area contributed by atoms with Crippen molar-refractivity contribution < 1.29 is 19.1 Å². The number of hydrogen-bond donors (Lipinski definition) is 1. The number of ether oxygens (including phenoxy) is 1. The fourth-order valence-corrected chi connectivity index (χ4v) is 6.95. The molecule has 2 aromatic heterocycles. The summed E-state index contributed by atoms with van der Waals surface area (Å²) in [5.74, 6) is 0.878. The molecule has 0 bridgehead atoms. The largest absolute Gasteiger partial charge is 0.496 e. The second-order valence-electron chi connectivity index (χ2n) is 10.4. The smallest absolute Gasteiger partial charge is 0.335 e. The summed E-state index contributed by atoms with van der Waals surface area (Å²) in [6.45, 7) is 1.85. The minimum Gasteiger partial charge on any atom is -0.496 e. The Bertz CT molecular complexity index is 2110. The van der Waals surface area contributed by atoms with E-state index in [0.717, 1.165) is 52.1 Å². The molecule has 8 heteroatoms. The molecule has 0 saturated heterocycles. The third kappa shape index (κ3) is 4.23.